The Bertz CT molecular complexity index is 1540. The zero-order valence-electron chi connectivity index (χ0n) is 20.9. The minimum absolute atomic E-state index is 0.116. The number of carbonyl (C=O) groups is 2. The van der Waals surface area contributed by atoms with Gasteiger partial charge in [0.05, 0.1) is 16.9 Å². The van der Waals surface area contributed by atoms with Crippen molar-refractivity contribution in [2.45, 2.75) is 33.1 Å². The predicted molar refractivity (Wildman–Crippen MR) is 146 cm³/mol. The van der Waals surface area contributed by atoms with Crippen molar-refractivity contribution in [3.05, 3.63) is 129 Å². The van der Waals surface area contributed by atoms with Gasteiger partial charge in [0.1, 0.15) is 0 Å². The molecule has 0 atom stereocenters. The molecule has 3 heteroatoms. The zero-order valence-corrected chi connectivity index (χ0v) is 20.9. The summed E-state index contributed by atoms with van der Waals surface area (Å²) in [6.07, 6.45) is 1.76. The Labute approximate surface area is 211 Å². The Morgan fingerprint density at radius 1 is 0.639 bits per heavy atom. The first-order valence-corrected chi connectivity index (χ1v) is 12.3. The van der Waals surface area contributed by atoms with E-state index in [1.54, 1.807) is 30.3 Å². The third-order valence-corrected chi connectivity index (χ3v) is 7.67. The minimum atomic E-state index is -0.196. The molecule has 0 saturated carbocycles. The van der Waals surface area contributed by atoms with Crippen LogP contribution in [-0.4, -0.2) is 11.6 Å². The smallest absolute Gasteiger partial charge is 0.197 e. The summed E-state index contributed by atoms with van der Waals surface area (Å²) in [5.41, 5.74) is 10.1. The summed E-state index contributed by atoms with van der Waals surface area (Å²) in [5, 5.41) is 0. The van der Waals surface area contributed by atoms with Crippen molar-refractivity contribution >= 4 is 34.7 Å². The van der Waals surface area contributed by atoms with E-state index in [1.807, 2.05) is 6.92 Å². The Kier molecular flexibility index (Phi) is 4.87. The molecule has 0 amide bonds. The predicted octanol–water partition coefficient (Wildman–Crippen LogP) is 7.88. The number of ketones is 2. The van der Waals surface area contributed by atoms with Gasteiger partial charge in [0.2, 0.25) is 0 Å². The molecule has 0 radical (unpaired) electrons. The van der Waals surface area contributed by atoms with Gasteiger partial charge in [0.15, 0.2) is 11.6 Å². The first-order chi connectivity index (χ1) is 17.3. The number of nitrogens with zero attached hydrogens (tertiary/aromatic N) is 1. The van der Waals surface area contributed by atoms with Gasteiger partial charge >= 0.3 is 0 Å². The van der Waals surface area contributed by atoms with Crippen LogP contribution in [0.4, 0.5) is 17.1 Å². The van der Waals surface area contributed by atoms with Gasteiger partial charge in [-0.25, -0.2) is 0 Å². The largest absolute Gasteiger partial charge is 0.310 e. The highest BCUT2D eigenvalue weighted by atomic mass is 16.2. The number of rotatable bonds is 2. The summed E-state index contributed by atoms with van der Waals surface area (Å²) in [7, 11) is 0. The second kappa shape index (κ2) is 7.89. The van der Waals surface area contributed by atoms with E-state index in [0.717, 1.165) is 22.4 Å². The van der Waals surface area contributed by atoms with Crippen molar-refractivity contribution in [2.24, 2.45) is 0 Å². The number of benzene rings is 4. The van der Waals surface area contributed by atoms with Crippen molar-refractivity contribution in [3.8, 4) is 0 Å². The third kappa shape index (κ3) is 3.12. The summed E-state index contributed by atoms with van der Waals surface area (Å²) in [5.74, 6) is -0.393. The Morgan fingerprint density at radius 2 is 1.14 bits per heavy atom. The van der Waals surface area contributed by atoms with Crippen molar-refractivity contribution < 1.29 is 9.59 Å². The van der Waals surface area contributed by atoms with Gasteiger partial charge in [-0.1, -0.05) is 74.5 Å². The first kappa shape index (κ1) is 22.2. The van der Waals surface area contributed by atoms with Crippen LogP contribution in [0.5, 0.6) is 0 Å². The second-order valence-electron chi connectivity index (χ2n) is 10.3. The summed E-state index contributed by atoms with van der Waals surface area (Å²) in [6.45, 7) is 8.69. The standard InChI is InChI=1S/C33H27NO2/c1-20-18-30(21(2)17-22(20)19-25-31(35)23-11-5-6-12-24(23)32(25)36)34-28-15-9-7-13-26(28)33(3,4)27-14-8-10-16-29(27)34/h5-19H,1-4H3. The van der Waals surface area contributed by atoms with E-state index < -0.39 is 0 Å². The molecule has 0 spiro atoms. The van der Waals surface area contributed by atoms with E-state index >= 15 is 0 Å². The number of allylic oxidation sites excluding steroid dienone is 1. The summed E-state index contributed by atoms with van der Waals surface area (Å²) >= 11 is 0. The molecular formula is C33H27NO2. The molecule has 6 rings (SSSR count). The SMILES string of the molecule is Cc1cc(N2c3ccccc3C(C)(C)c3ccccc32)c(C)cc1C=C1C(=O)c2ccccc2C1=O. The molecule has 4 aromatic carbocycles. The Hall–Kier alpha value is -4.24. The number of aryl methyl sites for hydroxylation is 2. The molecular weight excluding hydrogens is 442 g/mol. The van der Waals surface area contributed by atoms with Gasteiger partial charge in [-0.05, 0) is 72.0 Å². The van der Waals surface area contributed by atoms with Gasteiger partial charge in [0.25, 0.3) is 0 Å². The minimum Gasteiger partial charge on any atom is -0.310 e. The molecule has 0 saturated heterocycles. The fraction of sp³-hybridized carbons (Fsp3) is 0.152. The highest BCUT2D eigenvalue weighted by Gasteiger charge is 2.37. The molecule has 0 fully saturated rings. The topological polar surface area (TPSA) is 37.4 Å². The summed E-state index contributed by atoms with van der Waals surface area (Å²) < 4.78 is 0. The van der Waals surface area contributed by atoms with Crippen LogP contribution in [0.15, 0.2) is 90.5 Å². The van der Waals surface area contributed by atoms with Crippen LogP contribution in [0.25, 0.3) is 6.08 Å². The zero-order chi connectivity index (χ0) is 25.2. The summed E-state index contributed by atoms with van der Waals surface area (Å²) in [6, 6.07) is 28.5. The van der Waals surface area contributed by atoms with Gasteiger partial charge in [0, 0.05) is 22.2 Å². The highest BCUT2D eigenvalue weighted by Crippen LogP contribution is 2.52. The van der Waals surface area contributed by atoms with Gasteiger partial charge in [-0.2, -0.15) is 0 Å². The van der Waals surface area contributed by atoms with E-state index in [9.17, 15) is 9.59 Å². The molecule has 2 aliphatic rings. The molecule has 0 aromatic heterocycles. The maximum atomic E-state index is 13.0. The third-order valence-electron chi connectivity index (χ3n) is 7.67. The summed E-state index contributed by atoms with van der Waals surface area (Å²) in [4.78, 5) is 28.3. The van der Waals surface area contributed by atoms with Crippen LogP contribution in [0.1, 0.15) is 62.4 Å². The van der Waals surface area contributed by atoms with Crippen LogP contribution in [0, 0.1) is 13.8 Å². The lowest BCUT2D eigenvalue weighted by Gasteiger charge is -2.42. The quantitative estimate of drug-likeness (QED) is 0.221. The van der Waals surface area contributed by atoms with Crippen LogP contribution in [0.2, 0.25) is 0 Å². The van der Waals surface area contributed by atoms with Crippen LogP contribution >= 0.6 is 0 Å². The Morgan fingerprint density at radius 3 is 1.69 bits per heavy atom. The lowest BCUT2D eigenvalue weighted by Crippen LogP contribution is -2.30. The molecule has 0 bridgehead atoms. The van der Waals surface area contributed by atoms with E-state index in [4.69, 9.17) is 0 Å². The number of carbonyl (C=O) groups excluding carboxylic acids is 2. The van der Waals surface area contributed by atoms with E-state index in [1.165, 1.54) is 22.5 Å². The average Bonchev–Trinajstić information content (AvgIpc) is 3.12. The van der Waals surface area contributed by atoms with E-state index in [0.29, 0.717) is 11.1 Å². The van der Waals surface area contributed by atoms with Crippen molar-refractivity contribution in [1.82, 2.24) is 0 Å². The number of hydrogen-bond donors (Lipinski definition) is 0. The molecule has 36 heavy (non-hydrogen) atoms. The Balaban J connectivity index is 1.49. The molecule has 0 unspecified atom stereocenters. The monoisotopic (exact) mass is 469 g/mol. The average molecular weight is 470 g/mol. The normalized spacial score (nSPS) is 15.4. The molecule has 1 aliphatic carbocycles. The van der Waals surface area contributed by atoms with Crippen LogP contribution in [-0.2, 0) is 5.41 Å². The molecule has 3 nitrogen and oxygen atoms in total. The number of para-hydroxylation sites is 2. The second-order valence-corrected chi connectivity index (χ2v) is 10.3. The number of fused-ring (bicyclic) bond motifs is 3. The molecule has 1 heterocycles. The highest BCUT2D eigenvalue weighted by molar-refractivity contribution is 6.41. The molecule has 1 aliphatic heterocycles. The van der Waals surface area contributed by atoms with Crippen molar-refractivity contribution in [1.29, 1.82) is 0 Å². The lowest BCUT2D eigenvalue weighted by atomic mass is 9.73. The van der Waals surface area contributed by atoms with Gasteiger partial charge in [-0.15, -0.1) is 0 Å². The molecule has 0 N–H and O–H groups in total. The lowest BCUT2D eigenvalue weighted by molar-refractivity contribution is 0.0990. The number of anilines is 3. The first-order valence-electron chi connectivity index (χ1n) is 12.3. The fourth-order valence-electron chi connectivity index (χ4n) is 5.71. The molecule has 4 aromatic rings. The van der Waals surface area contributed by atoms with E-state index in [-0.39, 0.29) is 22.6 Å². The van der Waals surface area contributed by atoms with Gasteiger partial charge < -0.3 is 4.90 Å². The fourth-order valence-corrected chi connectivity index (χ4v) is 5.71. The van der Waals surface area contributed by atoms with Crippen LogP contribution < -0.4 is 4.90 Å². The molecule has 176 valence electrons. The maximum Gasteiger partial charge on any atom is 0.197 e. The van der Waals surface area contributed by atoms with Crippen molar-refractivity contribution in [3.63, 3.8) is 0 Å². The van der Waals surface area contributed by atoms with Gasteiger partial charge in [-0.3, -0.25) is 9.59 Å². The van der Waals surface area contributed by atoms with Crippen LogP contribution in [0.3, 0.4) is 0 Å². The maximum absolute atomic E-state index is 13.0. The van der Waals surface area contributed by atoms with E-state index in [2.05, 4.69) is 86.3 Å². The number of Topliss-reactive ketones (excluding diaryl/α,β-unsaturated/α-hetero) is 2. The number of hydrogen-bond acceptors (Lipinski definition) is 3. The van der Waals surface area contributed by atoms with Crippen molar-refractivity contribution in [2.75, 3.05) is 4.90 Å².